The first-order chi connectivity index (χ1) is 5.24. The minimum atomic E-state index is -0.0700. The van der Waals surface area contributed by atoms with E-state index in [1.54, 1.807) is 0 Å². The van der Waals surface area contributed by atoms with Crippen LogP contribution >= 0.6 is 7.92 Å². The molecule has 0 unspecified atom stereocenters. The third kappa shape index (κ3) is 5.20. The van der Waals surface area contributed by atoms with Crippen LogP contribution in [-0.2, 0) is 9.53 Å². The molecule has 0 aromatic carbocycles. The first kappa shape index (κ1) is 10.9. The molecule has 0 saturated carbocycles. The summed E-state index contributed by atoms with van der Waals surface area (Å²) in [5, 5.41) is 0. The molecule has 0 radical (unpaired) electrons. The largest absolute Gasteiger partial charge is 0.469 e. The van der Waals surface area contributed by atoms with E-state index in [2.05, 4.69) is 18.6 Å². The van der Waals surface area contributed by atoms with Crippen molar-refractivity contribution in [2.75, 3.05) is 25.6 Å². The Kier molecular flexibility index (Phi) is 6.54. The summed E-state index contributed by atoms with van der Waals surface area (Å²) < 4.78 is 4.56. The Morgan fingerprint density at radius 3 is 2.27 bits per heavy atom. The van der Waals surface area contributed by atoms with Gasteiger partial charge in [-0.1, -0.05) is 13.8 Å². The highest BCUT2D eigenvalue weighted by atomic mass is 31.1. The van der Waals surface area contributed by atoms with Gasteiger partial charge in [-0.25, -0.2) is 0 Å². The zero-order valence-electron chi connectivity index (χ0n) is 7.59. The number of methoxy groups -OCH3 is 1. The summed E-state index contributed by atoms with van der Waals surface area (Å²) in [4.78, 5) is 10.7. The molecule has 0 atom stereocenters. The van der Waals surface area contributed by atoms with Crippen molar-refractivity contribution in [2.45, 2.75) is 20.3 Å². The fourth-order valence-electron chi connectivity index (χ4n) is 0.891. The van der Waals surface area contributed by atoms with E-state index in [0.717, 1.165) is 6.16 Å². The van der Waals surface area contributed by atoms with Crippen LogP contribution in [0.4, 0.5) is 0 Å². The van der Waals surface area contributed by atoms with Crippen molar-refractivity contribution in [1.29, 1.82) is 0 Å². The topological polar surface area (TPSA) is 26.3 Å². The summed E-state index contributed by atoms with van der Waals surface area (Å²) >= 11 is 0. The molecule has 0 saturated heterocycles. The van der Waals surface area contributed by atoms with E-state index < -0.39 is 0 Å². The maximum Gasteiger partial charge on any atom is 0.305 e. The van der Waals surface area contributed by atoms with Crippen LogP contribution in [0.3, 0.4) is 0 Å². The van der Waals surface area contributed by atoms with Gasteiger partial charge in [0.1, 0.15) is 0 Å². The summed E-state index contributed by atoms with van der Waals surface area (Å²) in [6.45, 7) is 4.37. The van der Waals surface area contributed by atoms with E-state index in [-0.39, 0.29) is 13.9 Å². The normalized spacial score (nSPS) is 10.2. The van der Waals surface area contributed by atoms with Crippen molar-refractivity contribution < 1.29 is 9.53 Å². The zero-order valence-corrected chi connectivity index (χ0v) is 8.49. The van der Waals surface area contributed by atoms with E-state index in [4.69, 9.17) is 0 Å². The molecule has 0 heterocycles. The average Bonchev–Trinajstić information content (AvgIpc) is 2.06. The molecule has 0 N–H and O–H groups in total. The monoisotopic (exact) mass is 176 g/mol. The standard InChI is InChI=1S/C8H17O2P/c1-4-11(5-2)7-6-8(9)10-3/h4-7H2,1-3H3. The maximum atomic E-state index is 10.7. The van der Waals surface area contributed by atoms with Gasteiger partial charge in [0.05, 0.1) is 7.11 Å². The van der Waals surface area contributed by atoms with Gasteiger partial charge in [0.25, 0.3) is 0 Å². The Morgan fingerprint density at radius 2 is 1.91 bits per heavy atom. The minimum Gasteiger partial charge on any atom is -0.469 e. The van der Waals surface area contributed by atoms with Gasteiger partial charge in [-0.15, -0.1) is 7.92 Å². The van der Waals surface area contributed by atoms with Crippen molar-refractivity contribution in [3.63, 3.8) is 0 Å². The molecule has 0 fully saturated rings. The van der Waals surface area contributed by atoms with Crippen LogP contribution in [0.5, 0.6) is 0 Å². The second-order valence-corrected chi connectivity index (χ2v) is 5.41. The van der Waals surface area contributed by atoms with Crippen LogP contribution in [0.2, 0.25) is 0 Å². The molecule has 0 spiro atoms. The van der Waals surface area contributed by atoms with Gasteiger partial charge in [0, 0.05) is 6.42 Å². The lowest BCUT2D eigenvalue weighted by atomic mass is 10.5. The van der Waals surface area contributed by atoms with E-state index in [1.165, 1.54) is 19.4 Å². The number of rotatable bonds is 5. The number of hydrogen-bond acceptors (Lipinski definition) is 2. The Morgan fingerprint density at radius 1 is 1.36 bits per heavy atom. The molecule has 0 aliphatic heterocycles. The van der Waals surface area contributed by atoms with E-state index in [1.807, 2.05) is 0 Å². The molecular formula is C8H17O2P. The van der Waals surface area contributed by atoms with E-state index >= 15 is 0 Å². The summed E-state index contributed by atoms with van der Waals surface area (Å²) in [6, 6.07) is 0. The summed E-state index contributed by atoms with van der Waals surface area (Å²) in [7, 11) is 1.55. The van der Waals surface area contributed by atoms with Gasteiger partial charge in [-0.2, -0.15) is 0 Å². The SMILES string of the molecule is CCP(CC)CCC(=O)OC. The number of esters is 1. The highest BCUT2D eigenvalue weighted by Gasteiger charge is 2.05. The van der Waals surface area contributed by atoms with Gasteiger partial charge in [-0.3, -0.25) is 4.79 Å². The predicted molar refractivity (Wildman–Crippen MR) is 49.5 cm³/mol. The molecule has 0 aromatic rings. The lowest BCUT2D eigenvalue weighted by Gasteiger charge is -2.11. The van der Waals surface area contributed by atoms with Crippen molar-refractivity contribution in [3.05, 3.63) is 0 Å². The molecular weight excluding hydrogens is 159 g/mol. The number of carbonyl (C=O) groups excluding carboxylic acids is 1. The molecule has 0 rings (SSSR count). The van der Waals surface area contributed by atoms with Crippen LogP contribution in [0.1, 0.15) is 20.3 Å². The smallest absolute Gasteiger partial charge is 0.305 e. The van der Waals surface area contributed by atoms with Crippen LogP contribution in [-0.4, -0.2) is 31.6 Å². The molecule has 11 heavy (non-hydrogen) atoms. The van der Waals surface area contributed by atoms with E-state index in [9.17, 15) is 4.79 Å². The molecule has 0 aromatic heterocycles. The molecule has 0 aliphatic rings. The highest BCUT2D eigenvalue weighted by Crippen LogP contribution is 2.34. The third-order valence-electron chi connectivity index (χ3n) is 1.75. The molecule has 0 amide bonds. The molecule has 3 heteroatoms. The van der Waals surface area contributed by atoms with E-state index in [0.29, 0.717) is 6.42 Å². The quantitative estimate of drug-likeness (QED) is 0.473. The first-order valence-electron chi connectivity index (χ1n) is 4.03. The van der Waals surface area contributed by atoms with Crippen LogP contribution in [0.25, 0.3) is 0 Å². The van der Waals surface area contributed by atoms with Gasteiger partial charge in [-0.05, 0) is 18.5 Å². The van der Waals surface area contributed by atoms with Crippen LogP contribution in [0, 0.1) is 0 Å². The Labute approximate surface area is 70.1 Å². The summed E-state index contributed by atoms with van der Waals surface area (Å²) in [6.07, 6.45) is 4.09. The second kappa shape index (κ2) is 6.60. The first-order valence-corrected chi connectivity index (χ1v) is 5.93. The lowest BCUT2D eigenvalue weighted by Crippen LogP contribution is -2.03. The Balaban J connectivity index is 3.42. The lowest BCUT2D eigenvalue weighted by molar-refractivity contribution is -0.140. The number of ether oxygens (including phenoxy) is 1. The Hall–Kier alpha value is -0.100. The second-order valence-electron chi connectivity index (χ2n) is 2.35. The van der Waals surface area contributed by atoms with Gasteiger partial charge in [0.15, 0.2) is 0 Å². The van der Waals surface area contributed by atoms with Gasteiger partial charge >= 0.3 is 5.97 Å². The van der Waals surface area contributed by atoms with Crippen molar-refractivity contribution in [3.8, 4) is 0 Å². The molecule has 0 bridgehead atoms. The van der Waals surface area contributed by atoms with Gasteiger partial charge in [0.2, 0.25) is 0 Å². The molecule has 2 nitrogen and oxygen atoms in total. The highest BCUT2D eigenvalue weighted by molar-refractivity contribution is 7.57. The summed E-state index contributed by atoms with van der Waals surface area (Å²) in [5.74, 6) is -0.0700. The number of hydrogen-bond donors (Lipinski definition) is 0. The van der Waals surface area contributed by atoms with Crippen molar-refractivity contribution >= 4 is 13.9 Å². The fourth-order valence-corrected chi connectivity index (χ4v) is 2.47. The minimum absolute atomic E-state index is 0.0700. The summed E-state index contributed by atoms with van der Waals surface area (Å²) in [5.41, 5.74) is 0. The fraction of sp³-hybridized carbons (Fsp3) is 0.875. The third-order valence-corrected chi connectivity index (χ3v) is 4.40. The van der Waals surface area contributed by atoms with Crippen LogP contribution < -0.4 is 0 Å². The predicted octanol–water partition coefficient (Wildman–Crippen LogP) is 2.07. The molecule has 0 aliphatic carbocycles. The van der Waals surface area contributed by atoms with Crippen LogP contribution in [0.15, 0.2) is 0 Å². The van der Waals surface area contributed by atoms with Crippen molar-refractivity contribution in [1.82, 2.24) is 0 Å². The van der Waals surface area contributed by atoms with Crippen molar-refractivity contribution in [2.24, 2.45) is 0 Å². The molecule has 66 valence electrons. The maximum absolute atomic E-state index is 10.7. The number of carbonyl (C=O) groups is 1. The average molecular weight is 176 g/mol. The zero-order chi connectivity index (χ0) is 8.69. The van der Waals surface area contributed by atoms with Gasteiger partial charge < -0.3 is 4.74 Å². The Bertz CT molecular complexity index is 111.